The van der Waals surface area contributed by atoms with Gasteiger partial charge in [0.05, 0.1) is 5.69 Å². The van der Waals surface area contributed by atoms with E-state index in [0.29, 0.717) is 0 Å². The molecule has 0 aliphatic heterocycles. The van der Waals surface area contributed by atoms with Crippen molar-refractivity contribution in [2.45, 2.75) is 0 Å². The average molecular weight is 674 g/mol. The third kappa shape index (κ3) is 5.51. The van der Waals surface area contributed by atoms with Crippen LogP contribution in [0.15, 0.2) is 212 Å². The minimum Gasteiger partial charge on any atom is -0.310 e. The summed E-state index contributed by atoms with van der Waals surface area (Å²) in [5.41, 5.74) is 10.7. The van der Waals surface area contributed by atoms with E-state index in [2.05, 4.69) is 217 Å². The van der Waals surface area contributed by atoms with Crippen molar-refractivity contribution < 1.29 is 0 Å². The zero-order valence-electron chi connectivity index (χ0n) is 29.2. The van der Waals surface area contributed by atoms with Crippen molar-refractivity contribution in [1.29, 1.82) is 0 Å². The summed E-state index contributed by atoms with van der Waals surface area (Å²) in [7, 11) is 0. The first-order valence-electron chi connectivity index (χ1n) is 18.3. The first kappa shape index (κ1) is 30.8. The van der Waals surface area contributed by atoms with Gasteiger partial charge in [0, 0.05) is 16.8 Å². The number of benzene rings is 10. The Hall–Kier alpha value is -6.96. The summed E-state index contributed by atoms with van der Waals surface area (Å²) in [4.78, 5) is 2.42. The Morgan fingerprint density at radius 1 is 0.245 bits per heavy atom. The largest absolute Gasteiger partial charge is 0.310 e. The summed E-state index contributed by atoms with van der Waals surface area (Å²) in [6, 6.07) is 77.2. The van der Waals surface area contributed by atoms with Crippen LogP contribution in [-0.4, -0.2) is 0 Å². The van der Waals surface area contributed by atoms with Crippen LogP contribution in [0.25, 0.3) is 76.5 Å². The summed E-state index contributed by atoms with van der Waals surface area (Å²) < 4.78 is 0. The molecule has 0 saturated heterocycles. The monoisotopic (exact) mass is 673 g/mol. The number of hydrogen-bond acceptors (Lipinski definition) is 1. The molecule has 0 amide bonds. The lowest BCUT2D eigenvalue weighted by molar-refractivity contribution is 1.30. The van der Waals surface area contributed by atoms with Crippen LogP contribution in [0.3, 0.4) is 0 Å². The maximum Gasteiger partial charge on any atom is 0.0546 e. The molecule has 0 spiro atoms. The van der Waals surface area contributed by atoms with Crippen LogP contribution in [0.2, 0.25) is 0 Å². The van der Waals surface area contributed by atoms with E-state index in [1.807, 2.05) is 0 Å². The van der Waals surface area contributed by atoms with Crippen molar-refractivity contribution in [2.24, 2.45) is 0 Å². The van der Waals surface area contributed by atoms with Gasteiger partial charge in [0.15, 0.2) is 0 Å². The molecule has 1 nitrogen and oxygen atoms in total. The van der Waals surface area contributed by atoms with Gasteiger partial charge in [-0.2, -0.15) is 0 Å². The molecular formula is C52H35N. The Morgan fingerprint density at radius 2 is 0.736 bits per heavy atom. The summed E-state index contributed by atoms with van der Waals surface area (Å²) in [6.45, 7) is 0. The lowest BCUT2D eigenvalue weighted by Gasteiger charge is -2.28. The molecule has 53 heavy (non-hydrogen) atoms. The molecule has 0 N–H and O–H groups in total. The van der Waals surface area contributed by atoms with Crippen LogP contribution in [0, 0.1) is 0 Å². The van der Waals surface area contributed by atoms with Crippen LogP contribution >= 0.6 is 0 Å². The fourth-order valence-corrected chi connectivity index (χ4v) is 8.04. The molecule has 0 bridgehead atoms. The van der Waals surface area contributed by atoms with Crippen molar-refractivity contribution in [3.05, 3.63) is 212 Å². The minimum atomic E-state index is 1.11. The van der Waals surface area contributed by atoms with Gasteiger partial charge in [0.1, 0.15) is 0 Å². The van der Waals surface area contributed by atoms with Crippen LogP contribution in [0.1, 0.15) is 0 Å². The molecule has 0 fully saturated rings. The third-order valence-corrected chi connectivity index (χ3v) is 10.6. The standard InChI is InChI=1S/C52H35N/c1-2-12-37(13-3-1)47-23-11-17-39-24-25-41(34-51(39)47)36-26-30-43(31-27-36)53(52-35-42-15-5-7-19-48(42)49-20-8-9-21-50(49)52)44-32-28-40(29-33-44)46-22-10-16-38-14-4-6-18-45(38)46/h1-35H. The Labute approximate surface area is 309 Å². The van der Waals surface area contributed by atoms with Crippen LogP contribution in [0.4, 0.5) is 17.1 Å². The summed E-state index contributed by atoms with van der Waals surface area (Å²) in [6.07, 6.45) is 0. The molecule has 10 rings (SSSR count). The quantitative estimate of drug-likeness (QED) is 0.159. The second-order valence-electron chi connectivity index (χ2n) is 13.7. The normalized spacial score (nSPS) is 11.4. The first-order valence-corrected chi connectivity index (χ1v) is 18.3. The van der Waals surface area contributed by atoms with Gasteiger partial charge in [-0.05, 0) is 107 Å². The molecular weight excluding hydrogens is 639 g/mol. The van der Waals surface area contributed by atoms with Crippen molar-refractivity contribution in [3.63, 3.8) is 0 Å². The van der Waals surface area contributed by atoms with Gasteiger partial charge >= 0.3 is 0 Å². The highest BCUT2D eigenvalue weighted by molar-refractivity contribution is 6.14. The summed E-state index contributed by atoms with van der Waals surface area (Å²) >= 11 is 0. The maximum absolute atomic E-state index is 2.42. The van der Waals surface area contributed by atoms with Crippen molar-refractivity contribution in [2.75, 3.05) is 4.90 Å². The molecule has 0 radical (unpaired) electrons. The molecule has 0 heterocycles. The minimum absolute atomic E-state index is 1.11. The third-order valence-electron chi connectivity index (χ3n) is 10.6. The Bertz CT molecular complexity index is 2920. The topological polar surface area (TPSA) is 3.24 Å². The lowest BCUT2D eigenvalue weighted by atomic mass is 9.94. The van der Waals surface area contributed by atoms with E-state index in [9.17, 15) is 0 Å². The summed E-state index contributed by atoms with van der Waals surface area (Å²) in [5.74, 6) is 0. The molecule has 0 atom stereocenters. The van der Waals surface area contributed by atoms with E-state index in [1.54, 1.807) is 0 Å². The SMILES string of the molecule is c1ccc(-c2cccc3ccc(-c4ccc(N(c5ccc(-c6cccc7ccccc67)cc5)c5cc6ccccc6c6ccccc56)cc4)cc23)cc1. The lowest BCUT2D eigenvalue weighted by Crippen LogP contribution is -2.10. The molecule has 0 aromatic heterocycles. The highest BCUT2D eigenvalue weighted by atomic mass is 15.1. The number of rotatable bonds is 6. The maximum atomic E-state index is 2.42. The van der Waals surface area contributed by atoms with Gasteiger partial charge in [-0.3, -0.25) is 0 Å². The first-order chi connectivity index (χ1) is 26.3. The molecule has 10 aromatic carbocycles. The van der Waals surface area contributed by atoms with E-state index in [0.717, 1.165) is 17.1 Å². The van der Waals surface area contributed by atoms with E-state index < -0.39 is 0 Å². The highest BCUT2D eigenvalue weighted by Crippen LogP contribution is 2.43. The molecule has 248 valence electrons. The predicted octanol–water partition coefficient (Wildman–Crippen LogP) is 14.8. The highest BCUT2D eigenvalue weighted by Gasteiger charge is 2.18. The van der Waals surface area contributed by atoms with E-state index in [-0.39, 0.29) is 0 Å². The molecule has 0 saturated carbocycles. The fourth-order valence-electron chi connectivity index (χ4n) is 8.04. The van der Waals surface area contributed by atoms with E-state index in [1.165, 1.54) is 76.5 Å². The van der Waals surface area contributed by atoms with Crippen molar-refractivity contribution >= 4 is 60.2 Å². The average Bonchev–Trinajstić information content (AvgIpc) is 3.24. The summed E-state index contributed by atoms with van der Waals surface area (Å²) in [5, 5.41) is 9.97. The smallest absolute Gasteiger partial charge is 0.0546 e. The predicted molar refractivity (Wildman–Crippen MR) is 227 cm³/mol. The Kier molecular flexibility index (Phi) is 7.55. The zero-order valence-corrected chi connectivity index (χ0v) is 29.2. The molecule has 0 aliphatic carbocycles. The van der Waals surface area contributed by atoms with Crippen LogP contribution < -0.4 is 4.90 Å². The van der Waals surface area contributed by atoms with Crippen LogP contribution in [0.5, 0.6) is 0 Å². The number of hydrogen-bond donors (Lipinski definition) is 0. The van der Waals surface area contributed by atoms with Gasteiger partial charge < -0.3 is 4.90 Å². The Morgan fingerprint density at radius 3 is 1.45 bits per heavy atom. The fraction of sp³-hybridized carbons (Fsp3) is 0. The van der Waals surface area contributed by atoms with E-state index >= 15 is 0 Å². The van der Waals surface area contributed by atoms with Crippen molar-refractivity contribution in [1.82, 2.24) is 0 Å². The Balaban J connectivity index is 1.11. The van der Waals surface area contributed by atoms with Gasteiger partial charge in [-0.15, -0.1) is 0 Å². The molecule has 1 heteroatoms. The van der Waals surface area contributed by atoms with Gasteiger partial charge in [-0.25, -0.2) is 0 Å². The zero-order chi connectivity index (χ0) is 35.1. The number of nitrogens with zero attached hydrogens (tertiary/aromatic N) is 1. The van der Waals surface area contributed by atoms with Gasteiger partial charge in [-0.1, -0.05) is 176 Å². The molecule has 0 unspecified atom stereocenters. The van der Waals surface area contributed by atoms with Gasteiger partial charge in [0.2, 0.25) is 0 Å². The number of anilines is 3. The molecule has 0 aliphatic rings. The van der Waals surface area contributed by atoms with Crippen LogP contribution in [-0.2, 0) is 0 Å². The molecule has 10 aromatic rings. The number of fused-ring (bicyclic) bond motifs is 5. The van der Waals surface area contributed by atoms with E-state index in [4.69, 9.17) is 0 Å². The van der Waals surface area contributed by atoms with Gasteiger partial charge in [0.25, 0.3) is 0 Å². The second kappa shape index (κ2) is 13.0. The second-order valence-corrected chi connectivity index (χ2v) is 13.7. The van der Waals surface area contributed by atoms with Crippen molar-refractivity contribution in [3.8, 4) is 33.4 Å².